The SMILES string of the molecule is CCCC(CCCl)CNC(=O)c1cccc(Cl)c1Cl. The van der Waals surface area contributed by atoms with Crippen molar-refractivity contribution in [1.82, 2.24) is 5.32 Å². The minimum absolute atomic E-state index is 0.192. The number of hydrogen-bond acceptors (Lipinski definition) is 1. The van der Waals surface area contributed by atoms with Crippen molar-refractivity contribution >= 4 is 40.7 Å². The lowest BCUT2D eigenvalue weighted by molar-refractivity contribution is 0.0946. The number of halogens is 3. The lowest BCUT2D eigenvalue weighted by atomic mass is 10.0. The molecule has 1 atom stereocenters. The zero-order valence-electron chi connectivity index (χ0n) is 10.9. The summed E-state index contributed by atoms with van der Waals surface area (Å²) in [6, 6.07) is 5.04. The van der Waals surface area contributed by atoms with Gasteiger partial charge in [-0.15, -0.1) is 11.6 Å². The lowest BCUT2D eigenvalue weighted by Crippen LogP contribution is -2.29. The molecule has 0 bridgehead atoms. The summed E-state index contributed by atoms with van der Waals surface area (Å²) in [4.78, 5) is 12.0. The van der Waals surface area contributed by atoms with Crippen molar-refractivity contribution in [3.8, 4) is 0 Å². The predicted molar refractivity (Wildman–Crippen MR) is 82.5 cm³/mol. The standard InChI is InChI=1S/C14H18Cl3NO/c1-2-4-10(7-8-15)9-18-14(19)11-5-3-6-12(16)13(11)17/h3,5-6,10H,2,4,7-9H2,1H3,(H,18,19). The summed E-state index contributed by atoms with van der Waals surface area (Å²) in [5, 5.41) is 3.58. The van der Waals surface area contributed by atoms with E-state index in [-0.39, 0.29) is 5.91 Å². The number of nitrogens with one attached hydrogen (secondary N) is 1. The fourth-order valence-electron chi connectivity index (χ4n) is 1.92. The lowest BCUT2D eigenvalue weighted by Gasteiger charge is -2.16. The molecule has 0 aliphatic heterocycles. The predicted octanol–water partition coefficient (Wildman–Crippen LogP) is 4.77. The van der Waals surface area contributed by atoms with E-state index in [1.807, 2.05) is 0 Å². The minimum atomic E-state index is -0.192. The van der Waals surface area contributed by atoms with Crippen molar-refractivity contribution in [2.45, 2.75) is 26.2 Å². The van der Waals surface area contributed by atoms with Crippen molar-refractivity contribution < 1.29 is 4.79 Å². The van der Waals surface area contributed by atoms with Crippen LogP contribution in [-0.2, 0) is 0 Å². The maximum Gasteiger partial charge on any atom is 0.252 e. The summed E-state index contributed by atoms with van der Waals surface area (Å²) in [7, 11) is 0. The van der Waals surface area contributed by atoms with Gasteiger partial charge in [-0.2, -0.15) is 0 Å². The highest BCUT2D eigenvalue weighted by Gasteiger charge is 2.14. The highest BCUT2D eigenvalue weighted by Crippen LogP contribution is 2.25. The molecule has 1 aromatic carbocycles. The topological polar surface area (TPSA) is 29.1 Å². The van der Waals surface area contributed by atoms with E-state index < -0.39 is 0 Å². The molecule has 1 aromatic rings. The van der Waals surface area contributed by atoms with Crippen molar-refractivity contribution in [1.29, 1.82) is 0 Å². The second-order valence-corrected chi connectivity index (χ2v) is 5.61. The molecule has 1 amide bonds. The number of benzene rings is 1. The van der Waals surface area contributed by atoms with Crippen LogP contribution in [0.5, 0.6) is 0 Å². The number of alkyl halides is 1. The zero-order valence-corrected chi connectivity index (χ0v) is 13.2. The highest BCUT2D eigenvalue weighted by atomic mass is 35.5. The molecule has 0 aliphatic carbocycles. The van der Waals surface area contributed by atoms with Crippen LogP contribution < -0.4 is 5.32 Å². The molecule has 1 rings (SSSR count). The van der Waals surface area contributed by atoms with E-state index in [9.17, 15) is 4.79 Å². The molecular formula is C14H18Cl3NO. The first-order valence-corrected chi connectivity index (χ1v) is 7.67. The average molecular weight is 323 g/mol. The third kappa shape index (κ3) is 5.21. The van der Waals surface area contributed by atoms with Crippen LogP contribution in [-0.4, -0.2) is 18.3 Å². The number of hydrogen-bond donors (Lipinski definition) is 1. The molecule has 19 heavy (non-hydrogen) atoms. The average Bonchev–Trinajstić information content (AvgIpc) is 2.39. The molecule has 0 aromatic heterocycles. The summed E-state index contributed by atoms with van der Waals surface area (Å²) >= 11 is 17.7. The Labute approximate surface area is 129 Å². The number of carbonyl (C=O) groups is 1. The molecular weight excluding hydrogens is 305 g/mol. The van der Waals surface area contributed by atoms with Gasteiger partial charge in [-0.25, -0.2) is 0 Å². The van der Waals surface area contributed by atoms with Gasteiger partial charge in [0, 0.05) is 12.4 Å². The third-order valence-corrected chi connectivity index (χ3v) is 4.00. The van der Waals surface area contributed by atoms with Crippen LogP contribution in [0.2, 0.25) is 10.0 Å². The summed E-state index contributed by atoms with van der Waals surface area (Å²) in [5.41, 5.74) is 0.412. The molecule has 0 fully saturated rings. The zero-order chi connectivity index (χ0) is 14.3. The van der Waals surface area contributed by atoms with E-state index in [4.69, 9.17) is 34.8 Å². The van der Waals surface area contributed by atoms with E-state index in [1.54, 1.807) is 18.2 Å². The van der Waals surface area contributed by atoms with Crippen molar-refractivity contribution in [2.75, 3.05) is 12.4 Å². The maximum absolute atomic E-state index is 12.0. The Kier molecular flexibility index (Phi) is 7.59. The fourth-order valence-corrected chi connectivity index (χ4v) is 2.62. The Morgan fingerprint density at radius 3 is 2.68 bits per heavy atom. The van der Waals surface area contributed by atoms with Crippen LogP contribution >= 0.6 is 34.8 Å². The highest BCUT2D eigenvalue weighted by molar-refractivity contribution is 6.43. The fraction of sp³-hybridized carbons (Fsp3) is 0.500. The Balaban J connectivity index is 2.61. The van der Waals surface area contributed by atoms with E-state index in [1.165, 1.54) is 0 Å². The maximum atomic E-state index is 12.0. The molecule has 0 radical (unpaired) electrons. The summed E-state index contributed by atoms with van der Waals surface area (Å²) in [6.45, 7) is 2.74. The van der Waals surface area contributed by atoms with Crippen LogP contribution in [0.25, 0.3) is 0 Å². The first kappa shape index (κ1) is 16.6. The molecule has 0 saturated heterocycles. The van der Waals surface area contributed by atoms with E-state index >= 15 is 0 Å². The molecule has 0 saturated carbocycles. The van der Waals surface area contributed by atoms with Crippen LogP contribution in [0.15, 0.2) is 18.2 Å². The first-order valence-electron chi connectivity index (χ1n) is 6.38. The normalized spacial score (nSPS) is 12.2. The number of carbonyl (C=O) groups excluding carboxylic acids is 1. The Morgan fingerprint density at radius 1 is 1.32 bits per heavy atom. The Bertz CT molecular complexity index is 417. The van der Waals surface area contributed by atoms with E-state index in [0.717, 1.165) is 19.3 Å². The number of rotatable bonds is 7. The van der Waals surface area contributed by atoms with Gasteiger partial charge in [-0.05, 0) is 30.9 Å². The molecule has 1 N–H and O–H groups in total. The smallest absolute Gasteiger partial charge is 0.252 e. The van der Waals surface area contributed by atoms with Gasteiger partial charge < -0.3 is 5.32 Å². The van der Waals surface area contributed by atoms with Gasteiger partial charge in [0.25, 0.3) is 5.91 Å². The van der Waals surface area contributed by atoms with E-state index in [2.05, 4.69) is 12.2 Å². The molecule has 1 unspecified atom stereocenters. The Morgan fingerprint density at radius 2 is 2.05 bits per heavy atom. The molecule has 0 spiro atoms. The summed E-state index contributed by atoms with van der Waals surface area (Å²) < 4.78 is 0. The molecule has 106 valence electrons. The van der Waals surface area contributed by atoms with Crippen molar-refractivity contribution in [3.05, 3.63) is 33.8 Å². The Hall–Kier alpha value is -0.440. The second kappa shape index (κ2) is 8.68. The van der Waals surface area contributed by atoms with Gasteiger partial charge in [0.1, 0.15) is 0 Å². The molecule has 2 nitrogen and oxygen atoms in total. The second-order valence-electron chi connectivity index (χ2n) is 4.44. The minimum Gasteiger partial charge on any atom is -0.352 e. The van der Waals surface area contributed by atoms with Gasteiger partial charge in [-0.1, -0.05) is 42.6 Å². The van der Waals surface area contributed by atoms with Crippen LogP contribution in [0.1, 0.15) is 36.5 Å². The van der Waals surface area contributed by atoms with Gasteiger partial charge in [0.2, 0.25) is 0 Å². The van der Waals surface area contributed by atoms with Crippen molar-refractivity contribution in [3.63, 3.8) is 0 Å². The largest absolute Gasteiger partial charge is 0.352 e. The monoisotopic (exact) mass is 321 g/mol. The van der Waals surface area contributed by atoms with Crippen LogP contribution in [0.4, 0.5) is 0 Å². The van der Waals surface area contributed by atoms with Gasteiger partial charge in [0.15, 0.2) is 0 Å². The first-order chi connectivity index (χ1) is 9.10. The van der Waals surface area contributed by atoms with Crippen LogP contribution in [0, 0.1) is 5.92 Å². The quantitative estimate of drug-likeness (QED) is 0.720. The van der Waals surface area contributed by atoms with Gasteiger partial charge in [0.05, 0.1) is 15.6 Å². The van der Waals surface area contributed by atoms with Crippen molar-refractivity contribution in [2.24, 2.45) is 5.92 Å². The molecule has 0 aliphatic rings. The summed E-state index contributed by atoms with van der Waals surface area (Å²) in [5.74, 6) is 0.825. The molecule has 5 heteroatoms. The van der Waals surface area contributed by atoms with Gasteiger partial charge >= 0.3 is 0 Å². The third-order valence-electron chi connectivity index (χ3n) is 2.96. The van der Waals surface area contributed by atoms with E-state index in [0.29, 0.717) is 34.0 Å². The van der Waals surface area contributed by atoms with Gasteiger partial charge in [-0.3, -0.25) is 4.79 Å². The van der Waals surface area contributed by atoms with Crippen LogP contribution in [0.3, 0.4) is 0 Å². The molecule has 0 heterocycles. The number of amides is 1. The summed E-state index contributed by atoms with van der Waals surface area (Å²) in [6.07, 6.45) is 3.03.